The summed E-state index contributed by atoms with van der Waals surface area (Å²) in [5.41, 5.74) is 0.819. The van der Waals surface area contributed by atoms with E-state index in [2.05, 4.69) is 33.5 Å². The van der Waals surface area contributed by atoms with Gasteiger partial charge in [-0.3, -0.25) is 4.79 Å². The molecule has 1 unspecified atom stereocenters. The molecule has 0 aromatic heterocycles. The van der Waals surface area contributed by atoms with Gasteiger partial charge in [-0.2, -0.15) is 0 Å². The summed E-state index contributed by atoms with van der Waals surface area (Å²) >= 11 is 3.41. The van der Waals surface area contributed by atoms with E-state index in [1.807, 2.05) is 24.3 Å². The zero-order valence-corrected chi connectivity index (χ0v) is 12.2. The van der Waals surface area contributed by atoms with E-state index in [1.54, 1.807) is 0 Å². The fraction of sp³-hybridized carbons (Fsp3) is 0.500. The van der Waals surface area contributed by atoms with Crippen molar-refractivity contribution in [2.45, 2.75) is 19.8 Å². The van der Waals surface area contributed by atoms with Gasteiger partial charge < -0.3 is 10.6 Å². The molecule has 0 saturated heterocycles. The number of anilines is 1. The van der Waals surface area contributed by atoms with Crippen molar-refractivity contribution < 1.29 is 4.79 Å². The maximum atomic E-state index is 11.7. The van der Waals surface area contributed by atoms with Crippen LogP contribution in [0.25, 0.3) is 0 Å². The Hall–Kier alpha value is -0.870. The number of halogens is 1. The SMILES string of the molecule is CC(CNCC(=O)Nc1ccccc1Br)C1CC1. The van der Waals surface area contributed by atoms with Gasteiger partial charge in [0.25, 0.3) is 0 Å². The van der Waals surface area contributed by atoms with E-state index in [0.717, 1.165) is 22.6 Å². The zero-order chi connectivity index (χ0) is 13.0. The molecular formula is C14H19BrN2O. The quantitative estimate of drug-likeness (QED) is 0.848. The van der Waals surface area contributed by atoms with Crippen LogP contribution in [0.15, 0.2) is 28.7 Å². The third kappa shape index (κ3) is 4.10. The third-order valence-electron chi connectivity index (χ3n) is 3.33. The highest BCUT2D eigenvalue weighted by Gasteiger charge is 2.27. The Morgan fingerprint density at radius 1 is 1.44 bits per heavy atom. The van der Waals surface area contributed by atoms with Crippen LogP contribution >= 0.6 is 15.9 Å². The lowest BCUT2D eigenvalue weighted by Gasteiger charge is -2.12. The number of carbonyl (C=O) groups is 1. The van der Waals surface area contributed by atoms with Crippen molar-refractivity contribution in [3.63, 3.8) is 0 Å². The Morgan fingerprint density at radius 2 is 2.17 bits per heavy atom. The number of nitrogens with one attached hydrogen (secondary N) is 2. The molecule has 2 rings (SSSR count). The summed E-state index contributed by atoms with van der Waals surface area (Å²) in [6.07, 6.45) is 2.71. The Balaban J connectivity index is 1.70. The predicted molar refractivity (Wildman–Crippen MR) is 77.5 cm³/mol. The van der Waals surface area contributed by atoms with Gasteiger partial charge in [0.1, 0.15) is 0 Å². The number of hydrogen-bond donors (Lipinski definition) is 2. The van der Waals surface area contributed by atoms with Crippen LogP contribution in [0.5, 0.6) is 0 Å². The molecular weight excluding hydrogens is 292 g/mol. The van der Waals surface area contributed by atoms with Crippen LogP contribution in [0.4, 0.5) is 5.69 Å². The molecule has 2 N–H and O–H groups in total. The van der Waals surface area contributed by atoms with Crippen LogP contribution < -0.4 is 10.6 Å². The second kappa shape index (κ2) is 6.34. The first kappa shape index (κ1) is 13.6. The molecule has 18 heavy (non-hydrogen) atoms. The van der Waals surface area contributed by atoms with Crippen molar-refractivity contribution >= 4 is 27.5 Å². The fourth-order valence-corrected chi connectivity index (χ4v) is 2.39. The van der Waals surface area contributed by atoms with E-state index in [1.165, 1.54) is 12.8 Å². The molecule has 1 amide bonds. The highest BCUT2D eigenvalue weighted by atomic mass is 79.9. The van der Waals surface area contributed by atoms with Gasteiger partial charge in [-0.1, -0.05) is 19.1 Å². The highest BCUT2D eigenvalue weighted by molar-refractivity contribution is 9.10. The summed E-state index contributed by atoms with van der Waals surface area (Å²) in [4.78, 5) is 11.7. The minimum absolute atomic E-state index is 0.00453. The molecule has 4 heteroatoms. The lowest BCUT2D eigenvalue weighted by atomic mass is 10.1. The zero-order valence-electron chi connectivity index (χ0n) is 10.6. The van der Waals surface area contributed by atoms with Crippen molar-refractivity contribution in [3.05, 3.63) is 28.7 Å². The number of carbonyl (C=O) groups excluding carboxylic acids is 1. The molecule has 98 valence electrons. The van der Waals surface area contributed by atoms with E-state index in [0.29, 0.717) is 12.5 Å². The van der Waals surface area contributed by atoms with E-state index in [-0.39, 0.29) is 5.91 Å². The summed E-state index contributed by atoms with van der Waals surface area (Å²) in [5.74, 6) is 1.56. The Bertz CT molecular complexity index is 418. The molecule has 0 bridgehead atoms. The van der Waals surface area contributed by atoms with Gasteiger partial charge in [0.15, 0.2) is 0 Å². The largest absolute Gasteiger partial charge is 0.324 e. The first-order valence-electron chi connectivity index (χ1n) is 6.42. The first-order valence-corrected chi connectivity index (χ1v) is 7.21. The van der Waals surface area contributed by atoms with Gasteiger partial charge in [0.05, 0.1) is 12.2 Å². The second-order valence-electron chi connectivity index (χ2n) is 4.97. The van der Waals surface area contributed by atoms with Crippen LogP contribution in [0.2, 0.25) is 0 Å². The van der Waals surface area contributed by atoms with Crippen LogP contribution in [0.3, 0.4) is 0 Å². The molecule has 1 aliphatic rings. The second-order valence-corrected chi connectivity index (χ2v) is 5.83. The van der Waals surface area contributed by atoms with Crippen molar-refractivity contribution in [2.24, 2.45) is 11.8 Å². The van der Waals surface area contributed by atoms with Crippen LogP contribution in [0.1, 0.15) is 19.8 Å². The minimum Gasteiger partial charge on any atom is -0.324 e. The van der Waals surface area contributed by atoms with Crippen molar-refractivity contribution in [2.75, 3.05) is 18.4 Å². The molecule has 3 nitrogen and oxygen atoms in total. The molecule has 0 aliphatic heterocycles. The Labute approximate surface area is 116 Å². The first-order chi connectivity index (χ1) is 8.66. The fourth-order valence-electron chi connectivity index (χ4n) is 2.00. The molecule has 0 radical (unpaired) electrons. The van der Waals surface area contributed by atoms with Gasteiger partial charge in [0.2, 0.25) is 5.91 Å². The number of para-hydroxylation sites is 1. The lowest BCUT2D eigenvalue weighted by Crippen LogP contribution is -2.31. The van der Waals surface area contributed by atoms with Crippen molar-refractivity contribution in [1.82, 2.24) is 5.32 Å². The van der Waals surface area contributed by atoms with Gasteiger partial charge in [-0.15, -0.1) is 0 Å². The molecule has 1 fully saturated rings. The normalized spacial score (nSPS) is 16.3. The molecule has 0 heterocycles. The molecule has 1 saturated carbocycles. The van der Waals surface area contributed by atoms with E-state index in [4.69, 9.17) is 0 Å². The molecule has 0 spiro atoms. The Morgan fingerprint density at radius 3 is 2.83 bits per heavy atom. The number of amides is 1. The monoisotopic (exact) mass is 310 g/mol. The lowest BCUT2D eigenvalue weighted by molar-refractivity contribution is -0.115. The topological polar surface area (TPSA) is 41.1 Å². The standard InChI is InChI=1S/C14H19BrN2O/c1-10(11-6-7-11)8-16-9-14(18)17-13-5-3-2-4-12(13)15/h2-5,10-11,16H,6-9H2,1H3,(H,17,18). The summed E-state index contributed by atoms with van der Waals surface area (Å²) in [7, 11) is 0. The van der Waals surface area contributed by atoms with Gasteiger partial charge in [-0.05, 0) is 59.3 Å². The van der Waals surface area contributed by atoms with Crippen LogP contribution in [-0.2, 0) is 4.79 Å². The highest BCUT2D eigenvalue weighted by Crippen LogP contribution is 2.35. The average Bonchev–Trinajstić information content (AvgIpc) is 3.16. The van der Waals surface area contributed by atoms with Crippen molar-refractivity contribution in [3.8, 4) is 0 Å². The molecule has 1 aliphatic carbocycles. The van der Waals surface area contributed by atoms with Gasteiger partial charge in [-0.25, -0.2) is 0 Å². The maximum Gasteiger partial charge on any atom is 0.238 e. The predicted octanol–water partition coefficient (Wildman–Crippen LogP) is 3.02. The maximum absolute atomic E-state index is 11.7. The third-order valence-corrected chi connectivity index (χ3v) is 4.02. The average molecular weight is 311 g/mol. The summed E-state index contributed by atoms with van der Waals surface area (Å²) in [6.45, 7) is 3.54. The van der Waals surface area contributed by atoms with E-state index >= 15 is 0 Å². The number of hydrogen-bond acceptors (Lipinski definition) is 2. The smallest absolute Gasteiger partial charge is 0.238 e. The van der Waals surface area contributed by atoms with Crippen LogP contribution in [-0.4, -0.2) is 19.0 Å². The van der Waals surface area contributed by atoms with E-state index < -0.39 is 0 Å². The van der Waals surface area contributed by atoms with Gasteiger partial charge >= 0.3 is 0 Å². The van der Waals surface area contributed by atoms with Gasteiger partial charge in [0, 0.05) is 4.47 Å². The number of benzene rings is 1. The summed E-state index contributed by atoms with van der Waals surface area (Å²) < 4.78 is 0.907. The van der Waals surface area contributed by atoms with Crippen molar-refractivity contribution in [1.29, 1.82) is 0 Å². The molecule has 1 aromatic carbocycles. The minimum atomic E-state index is 0.00453. The number of rotatable bonds is 6. The van der Waals surface area contributed by atoms with E-state index in [9.17, 15) is 4.79 Å². The summed E-state index contributed by atoms with van der Waals surface area (Å²) in [5, 5.41) is 6.10. The van der Waals surface area contributed by atoms with Crippen LogP contribution in [0, 0.1) is 11.8 Å². The summed E-state index contributed by atoms with van der Waals surface area (Å²) in [6, 6.07) is 7.63. The Kier molecular flexibility index (Phi) is 4.78. The molecule has 1 aromatic rings. The molecule has 1 atom stereocenters.